The van der Waals surface area contributed by atoms with Crippen LogP contribution in [0.25, 0.3) is 5.69 Å². The Bertz CT molecular complexity index is 601. The number of benzene rings is 1. The van der Waals surface area contributed by atoms with E-state index < -0.39 is 0 Å². The Hall–Kier alpha value is -1.32. The lowest BCUT2D eigenvalue weighted by Gasteiger charge is -2.16. The van der Waals surface area contributed by atoms with Crippen molar-refractivity contribution in [2.75, 3.05) is 6.54 Å². The van der Waals surface area contributed by atoms with Gasteiger partial charge in [0.1, 0.15) is 0 Å². The van der Waals surface area contributed by atoms with Gasteiger partial charge in [0.05, 0.1) is 17.1 Å². The second kappa shape index (κ2) is 4.41. The fourth-order valence-electron chi connectivity index (χ4n) is 2.52. The third-order valence-electron chi connectivity index (χ3n) is 3.53. The Kier molecular flexibility index (Phi) is 2.88. The normalized spacial score (nSPS) is 14.6. The van der Waals surface area contributed by atoms with E-state index in [9.17, 15) is 0 Å². The van der Waals surface area contributed by atoms with E-state index in [2.05, 4.69) is 28.9 Å². The fraction of sp³-hybridized carbons (Fsp3) is 0.357. The molecular formula is C14H16ClN3. The number of aromatic nitrogens is 2. The van der Waals surface area contributed by atoms with Crippen molar-refractivity contribution in [3.63, 3.8) is 0 Å². The first kappa shape index (κ1) is 11.8. The molecule has 1 aliphatic rings. The molecule has 1 aliphatic heterocycles. The van der Waals surface area contributed by atoms with Crippen LogP contribution in [-0.4, -0.2) is 16.3 Å². The van der Waals surface area contributed by atoms with Gasteiger partial charge in [-0.15, -0.1) is 0 Å². The average molecular weight is 262 g/mol. The molecule has 2 heterocycles. The van der Waals surface area contributed by atoms with E-state index >= 15 is 0 Å². The van der Waals surface area contributed by atoms with Crippen LogP contribution >= 0.6 is 11.6 Å². The number of rotatable bonds is 1. The van der Waals surface area contributed by atoms with Gasteiger partial charge in [-0.1, -0.05) is 17.7 Å². The van der Waals surface area contributed by atoms with Gasteiger partial charge in [-0.2, -0.15) is 5.10 Å². The largest absolute Gasteiger partial charge is 0.312 e. The predicted molar refractivity (Wildman–Crippen MR) is 73.5 cm³/mol. The van der Waals surface area contributed by atoms with Gasteiger partial charge in [-0.05, 0) is 31.5 Å². The third kappa shape index (κ3) is 1.84. The number of aryl methyl sites for hydroxylation is 2. The fourth-order valence-corrected chi connectivity index (χ4v) is 2.69. The zero-order valence-corrected chi connectivity index (χ0v) is 11.4. The number of halogens is 1. The molecule has 0 spiro atoms. The maximum absolute atomic E-state index is 6.10. The SMILES string of the molecule is Cc1ccc(Cl)cc1-n1nc(C)c2c1CCNC2. The zero-order valence-electron chi connectivity index (χ0n) is 10.6. The lowest BCUT2D eigenvalue weighted by atomic mass is 10.1. The molecule has 1 aromatic carbocycles. The molecule has 0 saturated carbocycles. The Morgan fingerprint density at radius 2 is 2.17 bits per heavy atom. The molecule has 0 radical (unpaired) electrons. The first-order valence-electron chi connectivity index (χ1n) is 6.21. The van der Waals surface area contributed by atoms with Crippen molar-refractivity contribution in [3.05, 3.63) is 45.7 Å². The van der Waals surface area contributed by atoms with Gasteiger partial charge in [-0.25, -0.2) is 4.68 Å². The van der Waals surface area contributed by atoms with E-state index in [1.807, 2.05) is 18.2 Å². The minimum Gasteiger partial charge on any atom is -0.312 e. The highest BCUT2D eigenvalue weighted by Gasteiger charge is 2.19. The summed E-state index contributed by atoms with van der Waals surface area (Å²) in [5.41, 5.74) is 6.05. The summed E-state index contributed by atoms with van der Waals surface area (Å²) in [6, 6.07) is 5.96. The monoisotopic (exact) mass is 261 g/mol. The number of nitrogens with zero attached hydrogens (tertiary/aromatic N) is 2. The molecular weight excluding hydrogens is 246 g/mol. The smallest absolute Gasteiger partial charge is 0.0692 e. The summed E-state index contributed by atoms with van der Waals surface area (Å²) in [5.74, 6) is 0. The summed E-state index contributed by atoms with van der Waals surface area (Å²) in [6.07, 6.45) is 1.02. The Morgan fingerprint density at radius 1 is 1.33 bits per heavy atom. The number of hydrogen-bond donors (Lipinski definition) is 1. The van der Waals surface area contributed by atoms with Crippen molar-refractivity contribution in [1.82, 2.24) is 15.1 Å². The van der Waals surface area contributed by atoms with Gasteiger partial charge in [-0.3, -0.25) is 0 Å². The Labute approximate surface area is 112 Å². The van der Waals surface area contributed by atoms with E-state index in [1.54, 1.807) is 0 Å². The van der Waals surface area contributed by atoms with Crippen LogP contribution in [0.1, 0.15) is 22.5 Å². The quantitative estimate of drug-likeness (QED) is 0.856. The van der Waals surface area contributed by atoms with Gasteiger partial charge in [0.25, 0.3) is 0 Å². The van der Waals surface area contributed by atoms with E-state index in [1.165, 1.54) is 16.8 Å². The summed E-state index contributed by atoms with van der Waals surface area (Å²) in [7, 11) is 0. The topological polar surface area (TPSA) is 29.9 Å². The Balaban J connectivity index is 2.20. The predicted octanol–water partition coefficient (Wildman–Crippen LogP) is 2.79. The molecule has 94 valence electrons. The van der Waals surface area contributed by atoms with Crippen molar-refractivity contribution in [3.8, 4) is 5.69 Å². The lowest BCUT2D eigenvalue weighted by Crippen LogP contribution is -2.24. The van der Waals surface area contributed by atoms with Crippen LogP contribution in [0.4, 0.5) is 0 Å². The summed E-state index contributed by atoms with van der Waals surface area (Å²) >= 11 is 6.10. The highest BCUT2D eigenvalue weighted by Crippen LogP contribution is 2.25. The molecule has 0 aliphatic carbocycles. The van der Waals surface area contributed by atoms with Gasteiger partial charge in [0, 0.05) is 30.1 Å². The van der Waals surface area contributed by atoms with Crippen LogP contribution in [0, 0.1) is 13.8 Å². The van der Waals surface area contributed by atoms with E-state index in [0.29, 0.717) is 0 Å². The van der Waals surface area contributed by atoms with Gasteiger partial charge < -0.3 is 5.32 Å². The molecule has 3 nitrogen and oxygen atoms in total. The molecule has 0 atom stereocenters. The van der Waals surface area contributed by atoms with Crippen LogP contribution in [0.2, 0.25) is 5.02 Å². The Morgan fingerprint density at radius 3 is 3.00 bits per heavy atom. The first-order valence-corrected chi connectivity index (χ1v) is 6.59. The number of hydrogen-bond acceptors (Lipinski definition) is 2. The van der Waals surface area contributed by atoms with Crippen molar-refractivity contribution >= 4 is 11.6 Å². The third-order valence-corrected chi connectivity index (χ3v) is 3.77. The zero-order chi connectivity index (χ0) is 12.7. The maximum Gasteiger partial charge on any atom is 0.0692 e. The summed E-state index contributed by atoms with van der Waals surface area (Å²) < 4.78 is 2.06. The van der Waals surface area contributed by atoms with Crippen molar-refractivity contribution in [2.45, 2.75) is 26.8 Å². The van der Waals surface area contributed by atoms with Crippen molar-refractivity contribution in [1.29, 1.82) is 0 Å². The molecule has 2 aromatic rings. The minimum absolute atomic E-state index is 0.756. The average Bonchev–Trinajstić information content (AvgIpc) is 2.71. The molecule has 0 unspecified atom stereocenters. The number of nitrogens with one attached hydrogen (secondary N) is 1. The minimum atomic E-state index is 0.756. The second-order valence-electron chi connectivity index (χ2n) is 4.78. The van der Waals surface area contributed by atoms with Crippen molar-refractivity contribution < 1.29 is 0 Å². The lowest BCUT2D eigenvalue weighted by molar-refractivity contribution is 0.622. The standard InChI is InChI=1S/C14H16ClN3/c1-9-3-4-11(15)7-14(9)18-13-5-6-16-8-12(13)10(2)17-18/h3-4,7,16H,5-6,8H2,1-2H3. The van der Waals surface area contributed by atoms with Gasteiger partial charge >= 0.3 is 0 Å². The van der Waals surface area contributed by atoms with Crippen LogP contribution < -0.4 is 5.32 Å². The van der Waals surface area contributed by atoms with Gasteiger partial charge in [0.15, 0.2) is 0 Å². The highest BCUT2D eigenvalue weighted by atomic mass is 35.5. The molecule has 1 N–H and O–H groups in total. The molecule has 0 bridgehead atoms. The van der Waals surface area contributed by atoms with Crippen LogP contribution in [0.5, 0.6) is 0 Å². The summed E-state index contributed by atoms with van der Waals surface area (Å²) in [6.45, 7) is 6.09. The molecule has 3 rings (SSSR count). The molecule has 0 amide bonds. The van der Waals surface area contributed by atoms with E-state index in [4.69, 9.17) is 11.6 Å². The molecule has 0 fully saturated rings. The maximum atomic E-state index is 6.10. The van der Waals surface area contributed by atoms with Gasteiger partial charge in [0.2, 0.25) is 0 Å². The van der Waals surface area contributed by atoms with Crippen LogP contribution in [0.3, 0.4) is 0 Å². The highest BCUT2D eigenvalue weighted by molar-refractivity contribution is 6.30. The number of fused-ring (bicyclic) bond motifs is 1. The van der Waals surface area contributed by atoms with Crippen LogP contribution in [-0.2, 0) is 13.0 Å². The first-order chi connectivity index (χ1) is 8.66. The molecule has 1 aromatic heterocycles. The molecule has 0 saturated heterocycles. The molecule has 4 heteroatoms. The second-order valence-corrected chi connectivity index (χ2v) is 5.22. The van der Waals surface area contributed by atoms with E-state index in [-0.39, 0.29) is 0 Å². The van der Waals surface area contributed by atoms with Crippen LogP contribution in [0.15, 0.2) is 18.2 Å². The van der Waals surface area contributed by atoms with E-state index in [0.717, 1.165) is 35.9 Å². The molecule has 18 heavy (non-hydrogen) atoms. The van der Waals surface area contributed by atoms with Crippen molar-refractivity contribution in [2.24, 2.45) is 0 Å². The summed E-state index contributed by atoms with van der Waals surface area (Å²) in [5, 5.41) is 8.83. The summed E-state index contributed by atoms with van der Waals surface area (Å²) in [4.78, 5) is 0.